The fourth-order valence-electron chi connectivity index (χ4n) is 3.21. The summed E-state index contributed by atoms with van der Waals surface area (Å²) in [5, 5.41) is 3.32. The largest absolute Gasteiger partial charge is 0.426 e. The van der Waals surface area contributed by atoms with E-state index in [9.17, 15) is 19.2 Å². The van der Waals surface area contributed by atoms with Gasteiger partial charge in [-0.25, -0.2) is 0 Å². The normalized spacial score (nSPS) is 14.7. The standard InChI is InChI=1S/C25H45N2O4/c1-17(2)26-21(15-14-20(30)24(6,7)8)27(16-28)18(22(31)25(9,10)11)12-13-19(29)23(3,4)5/h17-18,21,26H,12-15H2,1-11H3/q+1. The van der Waals surface area contributed by atoms with E-state index in [1.165, 1.54) is 4.58 Å². The first-order chi connectivity index (χ1) is 13.8. The molecular weight excluding hydrogens is 392 g/mol. The first kappa shape index (κ1) is 29.4. The van der Waals surface area contributed by atoms with Crippen molar-refractivity contribution in [3.63, 3.8) is 0 Å². The first-order valence-electron chi connectivity index (χ1n) is 11.4. The van der Waals surface area contributed by atoms with E-state index in [-0.39, 0.29) is 42.7 Å². The molecule has 0 radical (unpaired) electrons. The van der Waals surface area contributed by atoms with E-state index in [0.29, 0.717) is 6.42 Å². The Kier molecular flexibility index (Phi) is 10.7. The Morgan fingerprint density at radius 1 is 0.774 bits per heavy atom. The molecule has 0 aliphatic carbocycles. The quantitative estimate of drug-likeness (QED) is 0.224. The number of nitrogens with one attached hydrogen (secondary N) is 1. The van der Waals surface area contributed by atoms with E-state index in [2.05, 4.69) is 5.32 Å². The minimum atomic E-state index is -0.787. The summed E-state index contributed by atoms with van der Waals surface area (Å²) >= 11 is 0. The minimum absolute atomic E-state index is 0.0344. The van der Waals surface area contributed by atoms with Gasteiger partial charge in [0.1, 0.15) is 11.6 Å². The van der Waals surface area contributed by atoms with E-state index in [1.807, 2.05) is 82.2 Å². The molecule has 0 aromatic carbocycles. The van der Waals surface area contributed by atoms with Crippen molar-refractivity contribution in [3.8, 4) is 0 Å². The van der Waals surface area contributed by atoms with Crippen molar-refractivity contribution < 1.29 is 23.8 Å². The summed E-state index contributed by atoms with van der Waals surface area (Å²) in [6.07, 6.45) is 2.54. The van der Waals surface area contributed by atoms with Crippen LogP contribution in [0.25, 0.3) is 0 Å². The lowest BCUT2D eigenvalue weighted by Crippen LogP contribution is -2.52. The van der Waals surface area contributed by atoms with Crippen LogP contribution in [0.5, 0.6) is 0 Å². The van der Waals surface area contributed by atoms with Crippen LogP contribution in [0.15, 0.2) is 0 Å². The first-order valence-corrected chi connectivity index (χ1v) is 11.4. The molecule has 178 valence electrons. The molecule has 1 N–H and O–H groups in total. The van der Waals surface area contributed by atoms with Crippen LogP contribution < -0.4 is 5.32 Å². The highest BCUT2D eigenvalue weighted by Crippen LogP contribution is 2.25. The number of Topliss-reactive ketones (excluding diaryl/α,β-unsaturated/α-hetero) is 3. The zero-order chi connectivity index (χ0) is 24.8. The third kappa shape index (κ3) is 10.0. The lowest BCUT2D eigenvalue weighted by molar-refractivity contribution is -0.594. The molecule has 0 aromatic rings. The summed E-state index contributed by atoms with van der Waals surface area (Å²) in [7, 11) is 0. The molecule has 31 heavy (non-hydrogen) atoms. The Balaban J connectivity index is 5.98. The van der Waals surface area contributed by atoms with Gasteiger partial charge in [-0.3, -0.25) is 19.7 Å². The average molecular weight is 438 g/mol. The van der Waals surface area contributed by atoms with Crippen LogP contribution in [0.4, 0.5) is 0 Å². The van der Waals surface area contributed by atoms with Crippen LogP contribution in [0.3, 0.4) is 0 Å². The molecule has 6 heteroatoms. The molecule has 0 bridgehead atoms. The predicted octanol–water partition coefficient (Wildman–Crippen LogP) is 4.43. The molecule has 0 fully saturated rings. The Bertz CT molecular complexity index is 697. The Morgan fingerprint density at radius 2 is 1.19 bits per heavy atom. The maximum Gasteiger partial charge on any atom is 0.426 e. The summed E-state index contributed by atoms with van der Waals surface area (Å²) in [4.78, 5) is 50.4. The number of isocyanates is 1. The second-order valence-corrected chi connectivity index (χ2v) is 11.9. The van der Waals surface area contributed by atoms with Gasteiger partial charge in [-0.2, -0.15) is 4.79 Å². The third-order valence-corrected chi connectivity index (χ3v) is 5.31. The van der Waals surface area contributed by atoms with Crippen molar-refractivity contribution >= 4 is 23.4 Å². The van der Waals surface area contributed by atoms with E-state index in [1.54, 1.807) is 0 Å². The molecule has 2 atom stereocenters. The maximum absolute atomic E-state index is 13.3. The topological polar surface area (TPSA) is 83.3 Å². The van der Waals surface area contributed by atoms with Crippen molar-refractivity contribution in [2.75, 3.05) is 0 Å². The number of hydrogen-bond donors (Lipinski definition) is 1. The number of ketones is 3. The summed E-state index contributed by atoms with van der Waals surface area (Å²) in [6, 6.07) is -0.753. The minimum Gasteiger partial charge on any atom is -0.299 e. The van der Waals surface area contributed by atoms with Crippen molar-refractivity contribution in [3.05, 3.63) is 0 Å². The van der Waals surface area contributed by atoms with Gasteiger partial charge in [-0.05, 0) is 13.8 Å². The molecule has 6 nitrogen and oxygen atoms in total. The lowest BCUT2D eigenvalue weighted by Gasteiger charge is -2.27. The molecule has 0 saturated carbocycles. The van der Waals surface area contributed by atoms with Gasteiger partial charge >= 0.3 is 6.08 Å². The van der Waals surface area contributed by atoms with E-state index >= 15 is 0 Å². The maximum atomic E-state index is 13.3. The van der Waals surface area contributed by atoms with Crippen LogP contribution >= 0.6 is 0 Å². The van der Waals surface area contributed by atoms with Gasteiger partial charge in [0, 0.05) is 48.0 Å². The van der Waals surface area contributed by atoms with E-state index in [4.69, 9.17) is 0 Å². The molecule has 0 saturated heterocycles. The van der Waals surface area contributed by atoms with Crippen LogP contribution in [0, 0.1) is 16.2 Å². The molecule has 0 aromatic heterocycles. The second kappa shape index (κ2) is 11.3. The van der Waals surface area contributed by atoms with Gasteiger partial charge in [0.25, 0.3) is 0 Å². The van der Waals surface area contributed by atoms with Gasteiger partial charge in [-0.1, -0.05) is 62.3 Å². The Hall–Kier alpha value is -1.65. The van der Waals surface area contributed by atoms with Gasteiger partial charge in [-0.15, -0.1) is 4.58 Å². The highest BCUT2D eigenvalue weighted by Gasteiger charge is 2.42. The Morgan fingerprint density at radius 3 is 1.52 bits per heavy atom. The Labute approximate surface area is 189 Å². The fraction of sp³-hybridized carbons (Fsp3) is 0.840. The number of rotatable bonds is 11. The SMILES string of the molecule is CC(C)NC(CCC(=O)C(C)(C)C)[N+](=C=O)C(CCC(=O)C(C)(C)C)C(=O)C(C)(C)C. The van der Waals surface area contributed by atoms with Crippen molar-refractivity contribution in [1.82, 2.24) is 5.32 Å². The van der Waals surface area contributed by atoms with E-state index in [0.717, 1.165) is 0 Å². The van der Waals surface area contributed by atoms with E-state index < -0.39 is 28.5 Å². The molecule has 0 amide bonds. The molecule has 0 aliphatic heterocycles. The van der Waals surface area contributed by atoms with Crippen LogP contribution in [0.1, 0.15) is 102 Å². The molecule has 0 aliphatic rings. The summed E-state index contributed by atoms with van der Waals surface area (Å²) in [5.41, 5.74) is -1.67. The van der Waals surface area contributed by atoms with Crippen molar-refractivity contribution in [1.29, 1.82) is 0 Å². The smallest absolute Gasteiger partial charge is 0.299 e. The van der Waals surface area contributed by atoms with Crippen molar-refractivity contribution in [2.24, 2.45) is 16.2 Å². The molecule has 0 heterocycles. The summed E-state index contributed by atoms with van der Waals surface area (Å²) in [6.45, 7) is 20.5. The van der Waals surface area contributed by atoms with Crippen LogP contribution in [0.2, 0.25) is 0 Å². The monoisotopic (exact) mass is 437 g/mol. The summed E-state index contributed by atoms with van der Waals surface area (Å²) in [5.74, 6) is 0.0205. The van der Waals surface area contributed by atoms with Gasteiger partial charge in [0.15, 0.2) is 0 Å². The predicted molar refractivity (Wildman–Crippen MR) is 124 cm³/mol. The second-order valence-electron chi connectivity index (χ2n) is 11.9. The lowest BCUT2D eigenvalue weighted by atomic mass is 9.82. The number of carbonyl (C=O) groups excluding carboxylic acids is 4. The highest BCUT2D eigenvalue weighted by atomic mass is 16.1. The molecule has 0 rings (SSSR count). The van der Waals surface area contributed by atoms with Gasteiger partial charge in [0.05, 0.1) is 0 Å². The number of hydrogen-bond acceptors (Lipinski definition) is 5. The number of nitrogens with zero attached hydrogens (tertiary/aromatic N) is 1. The molecular formula is C25H45N2O4+. The van der Waals surface area contributed by atoms with Gasteiger partial charge in [0.2, 0.25) is 18.0 Å². The van der Waals surface area contributed by atoms with Crippen molar-refractivity contribution in [2.45, 2.75) is 120 Å². The average Bonchev–Trinajstić information content (AvgIpc) is 2.58. The van der Waals surface area contributed by atoms with Gasteiger partial charge < -0.3 is 0 Å². The van der Waals surface area contributed by atoms with Crippen LogP contribution in [-0.2, 0) is 19.2 Å². The zero-order valence-corrected chi connectivity index (χ0v) is 21.6. The number of carbonyl (C=O) groups is 3. The zero-order valence-electron chi connectivity index (χ0n) is 21.6. The third-order valence-electron chi connectivity index (χ3n) is 5.31. The highest BCUT2D eigenvalue weighted by molar-refractivity contribution is 5.89. The summed E-state index contributed by atoms with van der Waals surface area (Å²) < 4.78 is 1.37. The molecule has 2 unspecified atom stereocenters. The fourth-order valence-corrected chi connectivity index (χ4v) is 3.21. The molecule has 0 spiro atoms. The van der Waals surface area contributed by atoms with Crippen LogP contribution in [-0.4, -0.2) is 46.3 Å².